The lowest BCUT2D eigenvalue weighted by Gasteiger charge is -2.12. The Bertz CT molecular complexity index is 284. The number of nitrogens with one attached hydrogen (secondary N) is 1. The van der Waals surface area contributed by atoms with Crippen molar-refractivity contribution in [3.05, 3.63) is 29.6 Å². The summed E-state index contributed by atoms with van der Waals surface area (Å²) in [6.07, 6.45) is 7.38. The lowest BCUT2D eigenvalue weighted by atomic mass is 10.1. The van der Waals surface area contributed by atoms with Crippen LogP contribution in [0.1, 0.15) is 37.8 Å². The van der Waals surface area contributed by atoms with Crippen molar-refractivity contribution in [3.63, 3.8) is 0 Å². The third kappa shape index (κ3) is 4.93. The van der Waals surface area contributed by atoms with Crippen LogP contribution in [0.3, 0.4) is 0 Å². The van der Waals surface area contributed by atoms with Gasteiger partial charge in [-0.25, -0.2) is 0 Å². The lowest BCUT2D eigenvalue weighted by molar-refractivity contribution is 0.513. The summed E-state index contributed by atoms with van der Waals surface area (Å²) < 4.78 is 0. The van der Waals surface area contributed by atoms with Crippen LogP contribution in [-0.2, 0) is 6.42 Å². The number of nitrogens with zero attached hydrogens (tertiary/aromatic N) is 1. The van der Waals surface area contributed by atoms with Crippen LogP contribution in [0.5, 0.6) is 0 Å². The molecule has 1 aromatic rings. The highest BCUT2D eigenvalue weighted by atomic mass is 14.9. The third-order valence-corrected chi connectivity index (χ3v) is 2.54. The van der Waals surface area contributed by atoms with Gasteiger partial charge in [-0.1, -0.05) is 13.0 Å². The van der Waals surface area contributed by atoms with E-state index in [2.05, 4.69) is 37.1 Å². The van der Waals surface area contributed by atoms with E-state index in [-0.39, 0.29) is 0 Å². The van der Waals surface area contributed by atoms with Gasteiger partial charge in [0.15, 0.2) is 0 Å². The molecule has 0 saturated carbocycles. The first-order chi connectivity index (χ1) is 7.22. The van der Waals surface area contributed by atoms with Gasteiger partial charge in [-0.2, -0.15) is 0 Å². The summed E-state index contributed by atoms with van der Waals surface area (Å²) in [5.74, 6) is 0. The first-order valence-corrected chi connectivity index (χ1v) is 5.86. The predicted molar refractivity (Wildman–Crippen MR) is 65.1 cm³/mol. The molecular weight excluding hydrogens is 184 g/mol. The average molecular weight is 206 g/mol. The molecule has 15 heavy (non-hydrogen) atoms. The SMILES string of the molecule is CCCNC(C)CCc1cncc(C)c1. The largest absolute Gasteiger partial charge is 0.314 e. The first kappa shape index (κ1) is 12.2. The van der Waals surface area contributed by atoms with E-state index in [1.807, 2.05) is 12.4 Å². The van der Waals surface area contributed by atoms with Gasteiger partial charge in [-0.15, -0.1) is 0 Å². The molecule has 0 bridgehead atoms. The summed E-state index contributed by atoms with van der Waals surface area (Å²) in [6, 6.07) is 2.82. The van der Waals surface area contributed by atoms with Gasteiger partial charge >= 0.3 is 0 Å². The second kappa shape index (κ2) is 6.57. The van der Waals surface area contributed by atoms with Crippen LogP contribution >= 0.6 is 0 Å². The smallest absolute Gasteiger partial charge is 0.0300 e. The molecule has 0 aromatic carbocycles. The summed E-state index contributed by atoms with van der Waals surface area (Å²) in [5.41, 5.74) is 2.60. The highest BCUT2D eigenvalue weighted by molar-refractivity contribution is 5.16. The molecule has 1 atom stereocenters. The Balaban J connectivity index is 2.30. The van der Waals surface area contributed by atoms with Crippen molar-refractivity contribution in [2.24, 2.45) is 0 Å². The highest BCUT2D eigenvalue weighted by Gasteiger charge is 2.01. The van der Waals surface area contributed by atoms with Gasteiger partial charge in [0.2, 0.25) is 0 Å². The van der Waals surface area contributed by atoms with Gasteiger partial charge in [-0.3, -0.25) is 4.98 Å². The number of aryl methyl sites for hydroxylation is 2. The molecular formula is C13H22N2. The van der Waals surface area contributed by atoms with Crippen molar-refractivity contribution < 1.29 is 0 Å². The average Bonchev–Trinajstić information content (AvgIpc) is 2.23. The van der Waals surface area contributed by atoms with Crippen molar-refractivity contribution in [2.75, 3.05) is 6.54 Å². The topological polar surface area (TPSA) is 24.9 Å². The third-order valence-electron chi connectivity index (χ3n) is 2.54. The number of hydrogen-bond acceptors (Lipinski definition) is 2. The van der Waals surface area contributed by atoms with E-state index in [0.717, 1.165) is 13.0 Å². The van der Waals surface area contributed by atoms with Crippen molar-refractivity contribution in [2.45, 2.75) is 46.1 Å². The van der Waals surface area contributed by atoms with Crippen molar-refractivity contribution in [1.29, 1.82) is 0 Å². The molecule has 0 aliphatic carbocycles. The van der Waals surface area contributed by atoms with E-state index in [1.165, 1.54) is 24.0 Å². The van der Waals surface area contributed by atoms with E-state index in [4.69, 9.17) is 0 Å². The molecule has 1 unspecified atom stereocenters. The summed E-state index contributed by atoms with van der Waals surface area (Å²) in [6.45, 7) is 7.66. The van der Waals surface area contributed by atoms with E-state index >= 15 is 0 Å². The summed E-state index contributed by atoms with van der Waals surface area (Å²) in [5, 5.41) is 3.50. The lowest BCUT2D eigenvalue weighted by Crippen LogP contribution is -2.27. The second-order valence-corrected chi connectivity index (χ2v) is 4.26. The molecule has 0 spiro atoms. The normalized spacial score (nSPS) is 12.7. The standard InChI is InChI=1S/C13H22N2/c1-4-7-15-12(3)5-6-13-8-11(2)9-14-10-13/h8-10,12,15H,4-7H2,1-3H3. The molecule has 1 aromatic heterocycles. The molecule has 1 heterocycles. The van der Waals surface area contributed by atoms with Crippen LogP contribution in [0.15, 0.2) is 18.5 Å². The second-order valence-electron chi connectivity index (χ2n) is 4.26. The number of aromatic nitrogens is 1. The van der Waals surface area contributed by atoms with Crippen LogP contribution in [0.25, 0.3) is 0 Å². The summed E-state index contributed by atoms with van der Waals surface area (Å²) in [7, 11) is 0. The molecule has 0 aliphatic heterocycles. The molecule has 0 radical (unpaired) electrons. The van der Waals surface area contributed by atoms with Gasteiger partial charge < -0.3 is 5.32 Å². The monoisotopic (exact) mass is 206 g/mol. The van der Waals surface area contributed by atoms with Crippen LogP contribution in [0.4, 0.5) is 0 Å². The first-order valence-electron chi connectivity index (χ1n) is 5.86. The maximum absolute atomic E-state index is 4.20. The Labute approximate surface area is 93.1 Å². The van der Waals surface area contributed by atoms with Gasteiger partial charge in [0.25, 0.3) is 0 Å². The highest BCUT2D eigenvalue weighted by Crippen LogP contribution is 2.06. The molecule has 1 rings (SSSR count). The number of pyridine rings is 1. The van der Waals surface area contributed by atoms with Crippen LogP contribution in [0, 0.1) is 6.92 Å². The van der Waals surface area contributed by atoms with E-state index in [9.17, 15) is 0 Å². The molecule has 2 heteroatoms. The van der Waals surface area contributed by atoms with E-state index < -0.39 is 0 Å². The fourth-order valence-corrected chi connectivity index (χ4v) is 1.63. The molecule has 0 fully saturated rings. The number of rotatable bonds is 6. The van der Waals surface area contributed by atoms with Crippen molar-refractivity contribution >= 4 is 0 Å². The molecule has 0 saturated heterocycles. The fourth-order valence-electron chi connectivity index (χ4n) is 1.63. The van der Waals surface area contributed by atoms with Crippen LogP contribution < -0.4 is 5.32 Å². The summed E-state index contributed by atoms with van der Waals surface area (Å²) in [4.78, 5) is 4.20. The Morgan fingerprint density at radius 1 is 1.40 bits per heavy atom. The number of hydrogen-bond donors (Lipinski definition) is 1. The van der Waals surface area contributed by atoms with Gasteiger partial charge in [-0.05, 0) is 50.8 Å². The van der Waals surface area contributed by atoms with Gasteiger partial charge in [0.05, 0.1) is 0 Å². The van der Waals surface area contributed by atoms with Crippen LogP contribution in [-0.4, -0.2) is 17.6 Å². The molecule has 2 nitrogen and oxygen atoms in total. The van der Waals surface area contributed by atoms with Gasteiger partial charge in [0.1, 0.15) is 0 Å². The van der Waals surface area contributed by atoms with Crippen molar-refractivity contribution in [3.8, 4) is 0 Å². The molecule has 0 aliphatic rings. The minimum absolute atomic E-state index is 0.602. The Kier molecular flexibility index (Phi) is 5.33. The minimum Gasteiger partial charge on any atom is -0.314 e. The molecule has 1 N–H and O–H groups in total. The van der Waals surface area contributed by atoms with Crippen LogP contribution in [0.2, 0.25) is 0 Å². The Morgan fingerprint density at radius 3 is 2.87 bits per heavy atom. The zero-order valence-corrected chi connectivity index (χ0v) is 10.1. The van der Waals surface area contributed by atoms with E-state index in [0.29, 0.717) is 6.04 Å². The maximum atomic E-state index is 4.20. The zero-order valence-electron chi connectivity index (χ0n) is 10.1. The summed E-state index contributed by atoms with van der Waals surface area (Å²) >= 11 is 0. The van der Waals surface area contributed by atoms with Crippen molar-refractivity contribution in [1.82, 2.24) is 10.3 Å². The zero-order chi connectivity index (χ0) is 11.1. The quantitative estimate of drug-likeness (QED) is 0.774. The Hall–Kier alpha value is -0.890. The van der Waals surface area contributed by atoms with E-state index in [1.54, 1.807) is 0 Å². The maximum Gasteiger partial charge on any atom is 0.0300 e. The Morgan fingerprint density at radius 2 is 2.20 bits per heavy atom. The molecule has 84 valence electrons. The fraction of sp³-hybridized carbons (Fsp3) is 0.615. The minimum atomic E-state index is 0.602. The van der Waals surface area contributed by atoms with Gasteiger partial charge in [0, 0.05) is 18.4 Å². The molecule has 0 amide bonds. The predicted octanol–water partition coefficient (Wildman–Crippen LogP) is 2.71.